The molecule has 162 valence electrons. The zero-order valence-corrected chi connectivity index (χ0v) is 18.7. The summed E-state index contributed by atoms with van der Waals surface area (Å²) in [5.41, 5.74) is -0.460. The molecule has 1 saturated carbocycles. The summed E-state index contributed by atoms with van der Waals surface area (Å²) in [6.07, 6.45) is 9.92. The van der Waals surface area contributed by atoms with Crippen molar-refractivity contribution in [1.29, 1.82) is 0 Å². The third-order valence-corrected chi connectivity index (χ3v) is 6.69. The van der Waals surface area contributed by atoms with Crippen molar-refractivity contribution in [3.8, 4) is 0 Å². The van der Waals surface area contributed by atoms with Gasteiger partial charge in [-0.15, -0.1) is 0 Å². The number of hydrogen-bond donors (Lipinski definition) is 1. The summed E-state index contributed by atoms with van der Waals surface area (Å²) >= 11 is 0. The Morgan fingerprint density at radius 3 is 2.48 bits per heavy atom. The minimum atomic E-state index is -1.13. The quantitative estimate of drug-likeness (QED) is 0.526. The molecular formula is C24H36O5. The molecule has 5 atom stereocenters. The minimum Gasteiger partial charge on any atom is -0.461 e. The third-order valence-electron chi connectivity index (χ3n) is 6.69. The number of allylic oxidation sites excluding steroid dienone is 1. The summed E-state index contributed by atoms with van der Waals surface area (Å²) < 4.78 is 11.1. The van der Waals surface area contributed by atoms with E-state index in [0.29, 0.717) is 0 Å². The average molecular weight is 405 g/mol. The van der Waals surface area contributed by atoms with Gasteiger partial charge in [0.2, 0.25) is 0 Å². The van der Waals surface area contributed by atoms with E-state index in [0.717, 1.165) is 24.8 Å². The molecule has 0 aromatic heterocycles. The molecular weight excluding hydrogens is 368 g/mol. The van der Waals surface area contributed by atoms with Crippen molar-refractivity contribution in [2.24, 2.45) is 22.7 Å². The highest BCUT2D eigenvalue weighted by molar-refractivity contribution is 5.67. The van der Waals surface area contributed by atoms with Crippen LogP contribution in [0.4, 0.5) is 0 Å². The highest BCUT2D eigenvalue weighted by Crippen LogP contribution is 2.60. The number of rotatable bonds is 6. The lowest BCUT2D eigenvalue weighted by molar-refractivity contribution is -0.160. The van der Waals surface area contributed by atoms with Crippen LogP contribution >= 0.6 is 0 Å². The Kier molecular flexibility index (Phi) is 6.83. The fourth-order valence-electron chi connectivity index (χ4n) is 5.45. The molecule has 1 N–H and O–H groups in total. The van der Waals surface area contributed by atoms with E-state index in [1.807, 2.05) is 12.2 Å². The molecule has 0 aliphatic heterocycles. The summed E-state index contributed by atoms with van der Waals surface area (Å²) in [6, 6.07) is 0. The van der Waals surface area contributed by atoms with Crippen LogP contribution in [-0.4, -0.2) is 35.4 Å². The first-order chi connectivity index (χ1) is 13.3. The Hall–Kier alpha value is -1.88. The molecule has 5 nitrogen and oxygen atoms in total. The Bertz CT molecular complexity index is 715. The van der Waals surface area contributed by atoms with E-state index >= 15 is 0 Å². The normalized spacial score (nSPS) is 33.2. The molecule has 2 aliphatic carbocycles. The van der Waals surface area contributed by atoms with Crippen LogP contribution in [0.3, 0.4) is 0 Å². The molecule has 0 saturated heterocycles. The second-order valence-electron chi connectivity index (χ2n) is 9.69. The highest BCUT2D eigenvalue weighted by Gasteiger charge is 2.56. The van der Waals surface area contributed by atoms with Crippen LogP contribution in [0.2, 0.25) is 0 Å². The van der Waals surface area contributed by atoms with Crippen LogP contribution in [-0.2, 0) is 19.1 Å². The molecule has 0 amide bonds. The van der Waals surface area contributed by atoms with Gasteiger partial charge in [-0.25, -0.2) is 0 Å². The lowest BCUT2D eigenvalue weighted by Gasteiger charge is -2.58. The topological polar surface area (TPSA) is 72.8 Å². The maximum absolute atomic E-state index is 11.9. The third kappa shape index (κ3) is 5.19. The SMILES string of the molecule is C=C[C@](C)(O)/C=C/[C@@H]1C(COC(C)=O)=C[C@H](OC(C)=O)[C@@H]2C(C)(C)CCC[C@@]12C. The standard InChI is InChI=1S/C24H36O5/c1-8-23(6,27)13-10-19-18(15-28-16(2)25)14-20(29-17(3)26)21-22(4,5)11-9-12-24(19,21)7/h8,10,13-14,19-21,27H,1,9,11-12,15H2,2-7H3/b13-10+/t19-,20+,21-,23+,24+/m1/s1. The molecule has 5 heteroatoms. The second kappa shape index (κ2) is 8.47. The van der Waals surface area contributed by atoms with E-state index in [2.05, 4.69) is 27.4 Å². The van der Waals surface area contributed by atoms with Crippen LogP contribution in [0.25, 0.3) is 0 Å². The van der Waals surface area contributed by atoms with Gasteiger partial charge in [0, 0.05) is 25.7 Å². The van der Waals surface area contributed by atoms with Crippen molar-refractivity contribution in [2.45, 2.75) is 72.5 Å². The van der Waals surface area contributed by atoms with Crippen LogP contribution in [0.1, 0.15) is 60.8 Å². The highest BCUT2D eigenvalue weighted by atomic mass is 16.5. The molecule has 2 rings (SSSR count). The van der Waals surface area contributed by atoms with Crippen molar-refractivity contribution < 1.29 is 24.2 Å². The van der Waals surface area contributed by atoms with E-state index in [4.69, 9.17) is 9.47 Å². The maximum atomic E-state index is 11.9. The van der Waals surface area contributed by atoms with Gasteiger partial charge >= 0.3 is 11.9 Å². The Balaban J connectivity index is 2.59. The van der Waals surface area contributed by atoms with Crippen molar-refractivity contribution >= 4 is 11.9 Å². The number of fused-ring (bicyclic) bond motifs is 1. The molecule has 0 unspecified atom stereocenters. The zero-order chi connectivity index (χ0) is 22.0. The Morgan fingerprint density at radius 1 is 1.28 bits per heavy atom. The zero-order valence-electron chi connectivity index (χ0n) is 18.7. The van der Waals surface area contributed by atoms with Crippen molar-refractivity contribution in [2.75, 3.05) is 6.61 Å². The second-order valence-corrected chi connectivity index (χ2v) is 9.69. The van der Waals surface area contributed by atoms with Gasteiger partial charge in [0.25, 0.3) is 0 Å². The van der Waals surface area contributed by atoms with Gasteiger partial charge in [-0.1, -0.05) is 52.0 Å². The summed E-state index contributed by atoms with van der Waals surface area (Å²) in [5, 5.41) is 10.4. The monoisotopic (exact) mass is 404 g/mol. The number of ether oxygens (including phenoxy) is 2. The van der Waals surface area contributed by atoms with Gasteiger partial charge in [0.05, 0.1) is 5.60 Å². The largest absolute Gasteiger partial charge is 0.461 e. The molecule has 1 fully saturated rings. The van der Waals surface area contributed by atoms with E-state index in [-0.39, 0.29) is 47.3 Å². The number of aliphatic hydroxyl groups is 1. The Labute approximate surface area is 174 Å². The first kappa shape index (κ1) is 23.4. The summed E-state index contributed by atoms with van der Waals surface area (Å²) in [4.78, 5) is 23.3. The van der Waals surface area contributed by atoms with Gasteiger partial charge in [-0.05, 0) is 42.2 Å². The van der Waals surface area contributed by atoms with Gasteiger partial charge in [0.15, 0.2) is 0 Å². The first-order valence-corrected chi connectivity index (χ1v) is 10.4. The predicted molar refractivity (Wildman–Crippen MR) is 113 cm³/mol. The van der Waals surface area contributed by atoms with Crippen LogP contribution in [0.5, 0.6) is 0 Å². The fourth-order valence-corrected chi connectivity index (χ4v) is 5.45. The van der Waals surface area contributed by atoms with Crippen molar-refractivity contribution in [3.05, 3.63) is 36.5 Å². The van der Waals surface area contributed by atoms with Crippen LogP contribution in [0, 0.1) is 22.7 Å². The van der Waals surface area contributed by atoms with E-state index < -0.39 is 5.60 Å². The van der Waals surface area contributed by atoms with E-state index in [1.165, 1.54) is 19.9 Å². The molecule has 0 radical (unpaired) electrons. The molecule has 0 spiro atoms. The minimum absolute atomic E-state index is 0.0242. The lowest BCUT2D eigenvalue weighted by atomic mass is 9.47. The molecule has 0 bridgehead atoms. The van der Waals surface area contributed by atoms with Crippen molar-refractivity contribution in [1.82, 2.24) is 0 Å². The first-order valence-electron chi connectivity index (χ1n) is 10.4. The molecule has 0 aromatic rings. The number of carbonyl (C=O) groups excluding carboxylic acids is 2. The molecule has 2 aliphatic rings. The fraction of sp³-hybridized carbons (Fsp3) is 0.667. The Morgan fingerprint density at radius 2 is 1.93 bits per heavy atom. The predicted octanol–water partition coefficient (Wildman–Crippen LogP) is 4.36. The molecule has 0 heterocycles. The maximum Gasteiger partial charge on any atom is 0.303 e. The van der Waals surface area contributed by atoms with Gasteiger partial charge in [-0.2, -0.15) is 0 Å². The van der Waals surface area contributed by atoms with Gasteiger partial charge in [-0.3, -0.25) is 9.59 Å². The number of carbonyl (C=O) groups is 2. The van der Waals surface area contributed by atoms with E-state index in [1.54, 1.807) is 13.0 Å². The van der Waals surface area contributed by atoms with Gasteiger partial charge < -0.3 is 14.6 Å². The average Bonchev–Trinajstić information content (AvgIpc) is 2.57. The smallest absolute Gasteiger partial charge is 0.303 e. The molecule has 0 aromatic carbocycles. The summed E-state index contributed by atoms with van der Waals surface area (Å²) in [6.45, 7) is 15.0. The van der Waals surface area contributed by atoms with Crippen LogP contribution in [0.15, 0.2) is 36.5 Å². The molecule has 29 heavy (non-hydrogen) atoms. The van der Waals surface area contributed by atoms with Crippen molar-refractivity contribution in [3.63, 3.8) is 0 Å². The summed E-state index contributed by atoms with van der Waals surface area (Å²) in [7, 11) is 0. The van der Waals surface area contributed by atoms with Gasteiger partial charge in [0.1, 0.15) is 12.7 Å². The number of esters is 2. The van der Waals surface area contributed by atoms with E-state index in [9.17, 15) is 14.7 Å². The lowest BCUT2D eigenvalue weighted by Crippen LogP contribution is -2.55. The summed E-state index contributed by atoms with van der Waals surface area (Å²) in [5.74, 6) is -0.612. The number of hydrogen-bond acceptors (Lipinski definition) is 5. The van der Waals surface area contributed by atoms with Crippen LogP contribution < -0.4 is 0 Å².